The van der Waals surface area contributed by atoms with Crippen molar-refractivity contribution in [1.82, 2.24) is 10.3 Å². The fourth-order valence-electron chi connectivity index (χ4n) is 1.79. The van der Waals surface area contributed by atoms with Gasteiger partial charge in [-0.15, -0.1) is 0 Å². The van der Waals surface area contributed by atoms with Crippen LogP contribution in [0.2, 0.25) is 5.02 Å². The number of benzene rings is 1. The predicted octanol–water partition coefficient (Wildman–Crippen LogP) is 2.16. The summed E-state index contributed by atoms with van der Waals surface area (Å²) in [7, 11) is 0. The number of hydrogen-bond acceptors (Lipinski definition) is 3. The van der Waals surface area contributed by atoms with Crippen LogP contribution in [0, 0.1) is 0 Å². The van der Waals surface area contributed by atoms with Gasteiger partial charge in [-0.3, -0.25) is 9.78 Å². The zero-order chi connectivity index (χ0) is 15.2. The molecule has 1 aromatic heterocycles. The van der Waals surface area contributed by atoms with Gasteiger partial charge in [-0.25, -0.2) is 4.79 Å². The molecule has 6 heteroatoms. The summed E-state index contributed by atoms with van der Waals surface area (Å²) < 4.78 is 0. The van der Waals surface area contributed by atoms with Crippen LogP contribution in [0.1, 0.15) is 16.1 Å². The van der Waals surface area contributed by atoms with Gasteiger partial charge < -0.3 is 10.4 Å². The number of aromatic nitrogens is 1. The Morgan fingerprint density at radius 3 is 2.48 bits per heavy atom. The molecule has 1 aromatic carbocycles. The number of hydrogen-bond donors (Lipinski definition) is 2. The number of carboxylic acids is 1. The van der Waals surface area contributed by atoms with E-state index in [0.717, 1.165) is 5.56 Å². The van der Waals surface area contributed by atoms with Crippen molar-refractivity contribution < 1.29 is 14.7 Å². The lowest BCUT2D eigenvalue weighted by Gasteiger charge is -2.14. The summed E-state index contributed by atoms with van der Waals surface area (Å²) in [4.78, 5) is 27.1. The van der Waals surface area contributed by atoms with Gasteiger partial charge in [-0.05, 0) is 29.8 Å². The number of amides is 1. The number of carboxylic acid groups (broad SMARTS) is 1. The highest BCUT2D eigenvalue weighted by Crippen LogP contribution is 2.11. The quantitative estimate of drug-likeness (QED) is 0.887. The van der Waals surface area contributed by atoms with Crippen molar-refractivity contribution in [3.63, 3.8) is 0 Å². The molecule has 2 aromatic rings. The van der Waals surface area contributed by atoms with Gasteiger partial charge in [0.25, 0.3) is 5.91 Å². The Balaban J connectivity index is 2.07. The molecule has 0 spiro atoms. The number of rotatable bonds is 5. The molecule has 0 unspecified atom stereocenters. The maximum atomic E-state index is 11.9. The lowest BCUT2D eigenvalue weighted by atomic mass is 10.1. The molecule has 1 heterocycles. The summed E-state index contributed by atoms with van der Waals surface area (Å²) in [6, 6.07) is 10.6. The molecule has 2 N–H and O–H groups in total. The summed E-state index contributed by atoms with van der Waals surface area (Å²) in [5.41, 5.74) is 0.952. The molecule has 0 saturated carbocycles. The minimum Gasteiger partial charge on any atom is -0.480 e. The number of nitrogens with one attached hydrogen (secondary N) is 1. The Labute approximate surface area is 126 Å². The van der Waals surface area contributed by atoms with E-state index in [9.17, 15) is 14.7 Å². The van der Waals surface area contributed by atoms with Gasteiger partial charge in [0.2, 0.25) is 0 Å². The first-order valence-electron chi connectivity index (χ1n) is 6.25. The van der Waals surface area contributed by atoms with Crippen molar-refractivity contribution in [3.05, 3.63) is 64.9 Å². The van der Waals surface area contributed by atoms with Gasteiger partial charge >= 0.3 is 5.97 Å². The number of pyridine rings is 1. The number of carbonyl (C=O) groups excluding carboxylic acids is 1. The molecule has 0 radical (unpaired) electrons. The fraction of sp³-hybridized carbons (Fsp3) is 0.133. The Morgan fingerprint density at radius 1 is 1.19 bits per heavy atom. The van der Waals surface area contributed by atoms with Gasteiger partial charge in [0.15, 0.2) is 0 Å². The summed E-state index contributed by atoms with van der Waals surface area (Å²) in [6.45, 7) is 0. The first kappa shape index (κ1) is 15.0. The van der Waals surface area contributed by atoms with Crippen LogP contribution in [-0.4, -0.2) is 28.0 Å². The van der Waals surface area contributed by atoms with E-state index in [1.165, 1.54) is 12.3 Å². The molecule has 0 bridgehead atoms. The molecule has 0 aliphatic carbocycles. The van der Waals surface area contributed by atoms with Crippen molar-refractivity contribution in [3.8, 4) is 0 Å². The highest BCUT2D eigenvalue weighted by atomic mass is 35.5. The van der Waals surface area contributed by atoms with E-state index in [4.69, 9.17) is 11.6 Å². The molecule has 0 aliphatic heterocycles. The van der Waals surface area contributed by atoms with Crippen LogP contribution in [0.15, 0.2) is 48.7 Å². The first-order chi connectivity index (χ1) is 10.1. The second-order valence-corrected chi connectivity index (χ2v) is 4.85. The van der Waals surface area contributed by atoms with Gasteiger partial charge in [-0.1, -0.05) is 29.8 Å². The predicted molar refractivity (Wildman–Crippen MR) is 78.3 cm³/mol. The fourth-order valence-corrected chi connectivity index (χ4v) is 1.91. The Bertz CT molecular complexity index is 629. The minimum absolute atomic E-state index is 0.172. The van der Waals surface area contributed by atoms with Gasteiger partial charge in [0.05, 0.1) is 0 Å². The third-order valence-electron chi connectivity index (χ3n) is 2.85. The number of halogens is 1. The average Bonchev–Trinajstić information content (AvgIpc) is 2.49. The SMILES string of the molecule is O=C(N[C@@H](Cc1ccc(Cl)cc1)C(=O)O)c1ccccn1. The lowest BCUT2D eigenvalue weighted by molar-refractivity contribution is -0.139. The van der Waals surface area contributed by atoms with Crippen LogP contribution in [0.5, 0.6) is 0 Å². The summed E-state index contributed by atoms with van der Waals surface area (Å²) >= 11 is 5.78. The average molecular weight is 305 g/mol. The maximum Gasteiger partial charge on any atom is 0.326 e. The maximum absolute atomic E-state index is 11.9. The second-order valence-electron chi connectivity index (χ2n) is 4.41. The van der Waals surface area contributed by atoms with Gasteiger partial charge in [0, 0.05) is 17.6 Å². The Kier molecular flexibility index (Phi) is 4.90. The topological polar surface area (TPSA) is 79.3 Å². The monoisotopic (exact) mass is 304 g/mol. The normalized spacial score (nSPS) is 11.7. The molecular formula is C15H13ClN2O3. The van der Waals surface area contributed by atoms with Crippen LogP contribution in [-0.2, 0) is 11.2 Å². The van der Waals surface area contributed by atoms with Crippen molar-refractivity contribution in [2.45, 2.75) is 12.5 Å². The van der Waals surface area contributed by atoms with Crippen molar-refractivity contribution in [2.24, 2.45) is 0 Å². The zero-order valence-electron chi connectivity index (χ0n) is 11.0. The molecule has 21 heavy (non-hydrogen) atoms. The van der Waals surface area contributed by atoms with Crippen LogP contribution >= 0.6 is 11.6 Å². The van der Waals surface area contributed by atoms with E-state index >= 15 is 0 Å². The Morgan fingerprint density at radius 2 is 1.90 bits per heavy atom. The largest absolute Gasteiger partial charge is 0.480 e. The van der Waals surface area contributed by atoms with E-state index < -0.39 is 17.9 Å². The van der Waals surface area contributed by atoms with E-state index in [1.54, 1.807) is 36.4 Å². The summed E-state index contributed by atoms with van der Waals surface area (Å²) in [5, 5.41) is 12.3. The van der Waals surface area contributed by atoms with Crippen LogP contribution in [0.3, 0.4) is 0 Å². The lowest BCUT2D eigenvalue weighted by Crippen LogP contribution is -2.42. The number of nitrogens with zero attached hydrogens (tertiary/aromatic N) is 1. The third-order valence-corrected chi connectivity index (χ3v) is 3.11. The standard InChI is InChI=1S/C15H13ClN2O3/c16-11-6-4-10(5-7-11)9-13(15(20)21)18-14(19)12-3-1-2-8-17-12/h1-8,13H,9H2,(H,18,19)(H,20,21)/t13-/m0/s1. The van der Waals surface area contributed by atoms with E-state index in [1.807, 2.05) is 0 Å². The van der Waals surface area contributed by atoms with E-state index in [0.29, 0.717) is 5.02 Å². The van der Waals surface area contributed by atoms with E-state index in [-0.39, 0.29) is 12.1 Å². The molecule has 0 saturated heterocycles. The van der Waals surface area contributed by atoms with Crippen LogP contribution < -0.4 is 5.32 Å². The molecule has 108 valence electrons. The van der Waals surface area contributed by atoms with Crippen LogP contribution in [0.25, 0.3) is 0 Å². The highest BCUT2D eigenvalue weighted by Gasteiger charge is 2.21. The molecular weight excluding hydrogens is 292 g/mol. The van der Waals surface area contributed by atoms with Crippen LogP contribution in [0.4, 0.5) is 0 Å². The molecule has 2 rings (SSSR count). The van der Waals surface area contributed by atoms with Crippen molar-refractivity contribution in [1.29, 1.82) is 0 Å². The summed E-state index contributed by atoms with van der Waals surface area (Å²) in [5.74, 6) is -1.62. The number of aliphatic carboxylic acids is 1. The molecule has 0 aliphatic rings. The smallest absolute Gasteiger partial charge is 0.326 e. The molecule has 1 atom stereocenters. The molecule has 1 amide bonds. The van der Waals surface area contributed by atoms with E-state index in [2.05, 4.69) is 10.3 Å². The van der Waals surface area contributed by atoms with Crippen molar-refractivity contribution in [2.75, 3.05) is 0 Å². The number of carbonyl (C=O) groups is 2. The Hall–Kier alpha value is -2.40. The first-order valence-corrected chi connectivity index (χ1v) is 6.63. The molecule has 0 fully saturated rings. The zero-order valence-corrected chi connectivity index (χ0v) is 11.7. The third kappa shape index (κ3) is 4.29. The van der Waals surface area contributed by atoms with Gasteiger partial charge in [-0.2, -0.15) is 0 Å². The molecule has 5 nitrogen and oxygen atoms in total. The van der Waals surface area contributed by atoms with Crippen molar-refractivity contribution >= 4 is 23.5 Å². The highest BCUT2D eigenvalue weighted by molar-refractivity contribution is 6.30. The summed E-state index contributed by atoms with van der Waals surface area (Å²) in [6.07, 6.45) is 1.65. The minimum atomic E-state index is -1.10. The van der Waals surface area contributed by atoms with Gasteiger partial charge in [0.1, 0.15) is 11.7 Å². The second kappa shape index (κ2) is 6.85.